The van der Waals surface area contributed by atoms with Crippen LogP contribution >= 0.6 is 0 Å². The Morgan fingerprint density at radius 3 is 2.79 bits per heavy atom. The quantitative estimate of drug-likeness (QED) is 0.649. The third kappa shape index (κ3) is 2.40. The van der Waals surface area contributed by atoms with E-state index in [1.165, 1.54) is 0 Å². The van der Waals surface area contributed by atoms with Crippen LogP contribution in [0.15, 0.2) is 30.4 Å². The molecule has 5 heteroatoms. The van der Waals surface area contributed by atoms with Gasteiger partial charge in [0.05, 0.1) is 11.0 Å². The molecule has 96 valence electrons. The number of aromatic amines is 1. The summed E-state index contributed by atoms with van der Waals surface area (Å²) in [6, 6.07) is 5.15. The minimum atomic E-state index is -1.13. The molecule has 2 aromatic rings. The van der Waals surface area contributed by atoms with Crippen molar-refractivity contribution in [3.8, 4) is 0 Å². The van der Waals surface area contributed by atoms with Gasteiger partial charge in [0, 0.05) is 17.6 Å². The van der Waals surface area contributed by atoms with Gasteiger partial charge in [0.1, 0.15) is 5.82 Å². The molecule has 1 aliphatic rings. The molecule has 0 bridgehead atoms. The molecule has 1 fully saturated rings. The molecule has 1 saturated carbocycles. The van der Waals surface area contributed by atoms with Gasteiger partial charge in [-0.25, -0.2) is 9.78 Å². The molecule has 19 heavy (non-hydrogen) atoms. The fourth-order valence-electron chi connectivity index (χ4n) is 1.98. The zero-order valence-electron chi connectivity index (χ0n) is 10.1. The summed E-state index contributed by atoms with van der Waals surface area (Å²) in [5.41, 5.74) is 2.10. The number of aliphatic carboxylic acids is 1. The number of carboxylic acid groups (broad SMARTS) is 1. The summed E-state index contributed by atoms with van der Waals surface area (Å²) >= 11 is 0. The first-order valence-corrected chi connectivity index (χ1v) is 6.08. The van der Waals surface area contributed by atoms with E-state index in [1.807, 2.05) is 0 Å². The van der Waals surface area contributed by atoms with Crippen LogP contribution in [-0.4, -0.2) is 26.8 Å². The number of fused-ring (bicyclic) bond motifs is 1. The van der Waals surface area contributed by atoms with Crippen molar-refractivity contribution in [3.05, 3.63) is 41.7 Å². The first-order valence-electron chi connectivity index (χ1n) is 6.08. The lowest BCUT2D eigenvalue weighted by atomic mass is 10.1. The Labute approximate surface area is 109 Å². The molecule has 3 rings (SSSR count). The summed E-state index contributed by atoms with van der Waals surface area (Å²) in [7, 11) is 0. The number of nitrogens with zero attached hydrogens (tertiary/aromatic N) is 1. The van der Waals surface area contributed by atoms with E-state index >= 15 is 0 Å². The maximum Gasteiger partial charge on any atom is 0.328 e. The normalized spacial score (nSPS) is 15.2. The van der Waals surface area contributed by atoms with E-state index in [0.717, 1.165) is 41.9 Å². The number of imidazole rings is 1. The number of ketones is 1. The molecule has 1 heterocycles. The summed E-state index contributed by atoms with van der Waals surface area (Å²) in [6.07, 6.45) is 4.22. The summed E-state index contributed by atoms with van der Waals surface area (Å²) in [6.45, 7) is 0. The van der Waals surface area contributed by atoms with E-state index in [9.17, 15) is 9.59 Å². The highest BCUT2D eigenvalue weighted by atomic mass is 16.4. The van der Waals surface area contributed by atoms with Gasteiger partial charge in [0.25, 0.3) is 0 Å². The van der Waals surface area contributed by atoms with E-state index in [-0.39, 0.29) is 5.78 Å². The van der Waals surface area contributed by atoms with E-state index in [2.05, 4.69) is 9.97 Å². The average Bonchev–Trinajstić information content (AvgIpc) is 3.15. The van der Waals surface area contributed by atoms with Crippen molar-refractivity contribution in [1.82, 2.24) is 9.97 Å². The van der Waals surface area contributed by atoms with Crippen molar-refractivity contribution in [2.75, 3.05) is 0 Å². The number of H-pyrrole nitrogens is 1. The van der Waals surface area contributed by atoms with E-state index in [1.54, 1.807) is 18.2 Å². The Hall–Kier alpha value is -2.43. The van der Waals surface area contributed by atoms with Crippen LogP contribution < -0.4 is 0 Å². The van der Waals surface area contributed by atoms with Crippen LogP contribution in [0.25, 0.3) is 11.0 Å². The summed E-state index contributed by atoms with van der Waals surface area (Å²) in [5.74, 6) is 0.0398. The minimum absolute atomic E-state index is 0.327. The number of allylic oxidation sites excluding steroid dienone is 1. The molecule has 0 atom stereocenters. The molecule has 0 aliphatic heterocycles. The predicted molar refractivity (Wildman–Crippen MR) is 69.2 cm³/mol. The van der Waals surface area contributed by atoms with Gasteiger partial charge >= 0.3 is 5.97 Å². The van der Waals surface area contributed by atoms with Gasteiger partial charge < -0.3 is 10.1 Å². The van der Waals surface area contributed by atoms with Crippen molar-refractivity contribution < 1.29 is 14.7 Å². The van der Waals surface area contributed by atoms with Gasteiger partial charge in [0.2, 0.25) is 0 Å². The molecule has 1 aromatic heterocycles. The highest BCUT2D eigenvalue weighted by molar-refractivity contribution is 6.08. The Morgan fingerprint density at radius 1 is 1.32 bits per heavy atom. The van der Waals surface area contributed by atoms with Crippen molar-refractivity contribution in [2.45, 2.75) is 18.8 Å². The summed E-state index contributed by atoms with van der Waals surface area (Å²) in [5, 5.41) is 8.50. The number of aromatic nitrogens is 2. The second kappa shape index (κ2) is 4.35. The number of hydrogen-bond donors (Lipinski definition) is 2. The number of carboxylic acids is 1. The molecule has 0 spiro atoms. The van der Waals surface area contributed by atoms with Gasteiger partial charge in [-0.15, -0.1) is 0 Å². The van der Waals surface area contributed by atoms with E-state index in [0.29, 0.717) is 11.5 Å². The number of carbonyl (C=O) groups is 2. The lowest BCUT2D eigenvalue weighted by molar-refractivity contribution is -0.131. The third-order valence-corrected chi connectivity index (χ3v) is 3.13. The minimum Gasteiger partial charge on any atom is -0.478 e. The van der Waals surface area contributed by atoms with Crippen LogP contribution in [-0.2, 0) is 4.79 Å². The SMILES string of the molecule is O=C(O)/C=C/C(=O)c1ccc2nc(C3CC3)[nH]c2c1. The van der Waals surface area contributed by atoms with Crippen LogP contribution in [0, 0.1) is 0 Å². The predicted octanol–water partition coefficient (Wildman–Crippen LogP) is 2.26. The zero-order chi connectivity index (χ0) is 13.4. The van der Waals surface area contributed by atoms with Gasteiger partial charge in [-0.2, -0.15) is 0 Å². The van der Waals surface area contributed by atoms with E-state index in [4.69, 9.17) is 5.11 Å². The van der Waals surface area contributed by atoms with Crippen molar-refractivity contribution in [2.24, 2.45) is 0 Å². The van der Waals surface area contributed by atoms with Crippen molar-refractivity contribution in [3.63, 3.8) is 0 Å². The Morgan fingerprint density at radius 2 is 2.11 bits per heavy atom. The van der Waals surface area contributed by atoms with Crippen LogP contribution in [0.5, 0.6) is 0 Å². The molecular weight excluding hydrogens is 244 g/mol. The molecular formula is C14H12N2O3. The molecule has 0 amide bonds. The van der Waals surface area contributed by atoms with Crippen LogP contribution in [0.1, 0.15) is 34.9 Å². The lowest BCUT2D eigenvalue weighted by Gasteiger charge is -1.95. The summed E-state index contributed by atoms with van der Waals surface area (Å²) in [4.78, 5) is 29.8. The van der Waals surface area contributed by atoms with Crippen molar-refractivity contribution in [1.29, 1.82) is 0 Å². The standard InChI is InChI=1S/C14H12N2O3/c17-12(5-6-13(18)19)9-3-4-10-11(7-9)16-14(15-10)8-1-2-8/h3-8H,1-2H2,(H,15,16)(H,18,19)/b6-5+. The summed E-state index contributed by atoms with van der Waals surface area (Å²) < 4.78 is 0. The molecule has 1 aliphatic carbocycles. The fraction of sp³-hybridized carbons (Fsp3) is 0.214. The molecule has 2 N–H and O–H groups in total. The Balaban J connectivity index is 1.92. The van der Waals surface area contributed by atoms with Crippen LogP contribution in [0.4, 0.5) is 0 Å². The first-order chi connectivity index (χ1) is 9.13. The molecule has 0 unspecified atom stereocenters. The monoisotopic (exact) mass is 256 g/mol. The number of nitrogens with one attached hydrogen (secondary N) is 1. The molecule has 1 aromatic carbocycles. The lowest BCUT2D eigenvalue weighted by Crippen LogP contribution is -1.96. The maximum absolute atomic E-state index is 11.8. The van der Waals surface area contributed by atoms with Crippen molar-refractivity contribution >= 4 is 22.8 Å². The molecule has 5 nitrogen and oxygen atoms in total. The second-order valence-corrected chi connectivity index (χ2v) is 4.66. The van der Waals surface area contributed by atoms with E-state index < -0.39 is 5.97 Å². The largest absolute Gasteiger partial charge is 0.478 e. The van der Waals surface area contributed by atoms with Crippen LogP contribution in [0.3, 0.4) is 0 Å². The zero-order valence-corrected chi connectivity index (χ0v) is 10.1. The number of rotatable bonds is 4. The highest BCUT2D eigenvalue weighted by Gasteiger charge is 2.26. The smallest absolute Gasteiger partial charge is 0.328 e. The molecule has 0 saturated heterocycles. The number of hydrogen-bond acceptors (Lipinski definition) is 3. The van der Waals surface area contributed by atoms with Gasteiger partial charge in [0.15, 0.2) is 5.78 Å². The maximum atomic E-state index is 11.8. The topological polar surface area (TPSA) is 83.0 Å². The Kier molecular flexibility index (Phi) is 2.67. The second-order valence-electron chi connectivity index (χ2n) is 4.66. The fourth-order valence-corrected chi connectivity index (χ4v) is 1.98. The van der Waals surface area contributed by atoms with Gasteiger partial charge in [-0.1, -0.05) is 0 Å². The van der Waals surface area contributed by atoms with Crippen LogP contribution in [0.2, 0.25) is 0 Å². The third-order valence-electron chi connectivity index (χ3n) is 3.13. The average molecular weight is 256 g/mol. The Bertz CT molecular complexity index is 696. The van der Waals surface area contributed by atoms with Gasteiger partial charge in [-0.3, -0.25) is 4.79 Å². The molecule has 0 radical (unpaired) electrons. The van der Waals surface area contributed by atoms with Gasteiger partial charge in [-0.05, 0) is 37.1 Å². The number of carbonyl (C=O) groups excluding carboxylic acids is 1. The highest BCUT2D eigenvalue weighted by Crippen LogP contribution is 2.39. The first kappa shape index (κ1) is 11.6. The number of benzene rings is 1.